The first kappa shape index (κ1) is 24.5. The molecule has 174 valence electrons. The molecule has 0 aliphatic carbocycles. The molecule has 0 fully saturated rings. The van der Waals surface area contributed by atoms with E-state index in [-0.39, 0.29) is 17.9 Å². The summed E-state index contributed by atoms with van der Waals surface area (Å²) >= 11 is 0. The van der Waals surface area contributed by atoms with Gasteiger partial charge in [-0.15, -0.1) is 0 Å². The zero-order valence-electron chi connectivity index (χ0n) is 17.3. The molecule has 0 bridgehead atoms. The predicted molar refractivity (Wildman–Crippen MR) is 120 cm³/mol. The van der Waals surface area contributed by atoms with Crippen LogP contribution in [0.1, 0.15) is 11.1 Å². The lowest BCUT2D eigenvalue weighted by atomic mass is 10.1. The number of nitrogens with two attached hydrogens (primary N) is 1. The van der Waals surface area contributed by atoms with Crippen LogP contribution in [0.4, 0.5) is 4.39 Å². The highest BCUT2D eigenvalue weighted by molar-refractivity contribution is 7.89. The van der Waals surface area contributed by atoms with Gasteiger partial charge in [0, 0.05) is 6.54 Å². The fourth-order valence-corrected chi connectivity index (χ4v) is 4.85. The lowest BCUT2D eigenvalue weighted by Crippen LogP contribution is -2.47. The van der Waals surface area contributed by atoms with Crippen LogP contribution in [-0.4, -0.2) is 28.8 Å². The molecule has 0 unspecified atom stereocenters. The molecule has 0 aromatic heterocycles. The van der Waals surface area contributed by atoms with E-state index >= 15 is 0 Å². The van der Waals surface area contributed by atoms with Gasteiger partial charge in [0.15, 0.2) is 0 Å². The first-order valence-electron chi connectivity index (χ1n) is 9.76. The van der Waals surface area contributed by atoms with Crippen molar-refractivity contribution < 1.29 is 26.0 Å². The molecule has 0 heterocycles. The third-order valence-electron chi connectivity index (χ3n) is 4.74. The van der Waals surface area contributed by atoms with E-state index in [4.69, 9.17) is 5.14 Å². The van der Waals surface area contributed by atoms with Crippen LogP contribution in [0.25, 0.3) is 0 Å². The van der Waals surface area contributed by atoms with Crippen LogP contribution in [0.15, 0.2) is 88.7 Å². The fraction of sp³-hybridized carbons (Fsp3) is 0.136. The molecule has 0 aliphatic rings. The smallest absolute Gasteiger partial charge is 0.244 e. The first-order chi connectivity index (χ1) is 15.6. The van der Waals surface area contributed by atoms with Crippen molar-refractivity contribution in [2.45, 2.75) is 28.8 Å². The van der Waals surface area contributed by atoms with Crippen molar-refractivity contribution in [2.24, 2.45) is 5.14 Å². The second-order valence-corrected chi connectivity index (χ2v) is 10.4. The van der Waals surface area contributed by atoms with Crippen LogP contribution in [-0.2, 0) is 37.8 Å². The number of halogens is 1. The Bertz CT molecular complexity index is 1330. The molecule has 0 saturated carbocycles. The van der Waals surface area contributed by atoms with Crippen LogP contribution < -0.4 is 15.2 Å². The van der Waals surface area contributed by atoms with Gasteiger partial charge in [0.2, 0.25) is 26.0 Å². The van der Waals surface area contributed by atoms with Crippen molar-refractivity contribution in [1.82, 2.24) is 10.0 Å². The number of amides is 1. The van der Waals surface area contributed by atoms with E-state index < -0.39 is 42.7 Å². The number of carbonyl (C=O) groups is 1. The molecular weight excluding hydrogens is 469 g/mol. The molecule has 0 saturated heterocycles. The average Bonchev–Trinajstić information content (AvgIpc) is 2.77. The summed E-state index contributed by atoms with van der Waals surface area (Å²) < 4.78 is 64.6. The molecule has 0 aliphatic heterocycles. The number of nitrogens with one attached hydrogen (secondary N) is 2. The van der Waals surface area contributed by atoms with Gasteiger partial charge in [-0.3, -0.25) is 4.79 Å². The van der Waals surface area contributed by atoms with E-state index in [0.717, 1.165) is 12.1 Å². The minimum absolute atomic E-state index is 0.0104. The zero-order valence-corrected chi connectivity index (χ0v) is 18.9. The van der Waals surface area contributed by atoms with E-state index in [9.17, 15) is 26.0 Å². The Morgan fingerprint density at radius 3 is 2.06 bits per heavy atom. The Morgan fingerprint density at radius 2 is 1.45 bits per heavy atom. The summed E-state index contributed by atoms with van der Waals surface area (Å²) in [7, 11) is -8.17. The maximum absolute atomic E-state index is 14.1. The van der Waals surface area contributed by atoms with Crippen LogP contribution in [0.5, 0.6) is 0 Å². The van der Waals surface area contributed by atoms with Gasteiger partial charge < -0.3 is 5.32 Å². The number of hydrogen-bond acceptors (Lipinski definition) is 5. The Kier molecular flexibility index (Phi) is 7.59. The van der Waals surface area contributed by atoms with Gasteiger partial charge in [-0.25, -0.2) is 26.4 Å². The standard InChI is InChI=1S/C22H22FN3O5S2/c23-19-8-4-5-9-21(19)33(30,31)26-20(14-16-6-2-1-3-7-16)22(27)25-15-17-10-12-18(13-11-17)32(24,28)29/h1-13,20,26H,14-15H2,(H,25,27)(H2,24,28,29)/t20-/m1/s1. The van der Waals surface area contributed by atoms with Crippen molar-refractivity contribution in [2.75, 3.05) is 0 Å². The third kappa shape index (κ3) is 6.68. The molecule has 3 aromatic rings. The largest absolute Gasteiger partial charge is 0.351 e. The normalized spacial score (nSPS) is 12.8. The van der Waals surface area contributed by atoms with Crippen LogP contribution in [0, 0.1) is 5.82 Å². The van der Waals surface area contributed by atoms with E-state index in [1.807, 2.05) is 0 Å². The summed E-state index contributed by atoms with van der Waals surface area (Å²) in [6.07, 6.45) is 0.0325. The van der Waals surface area contributed by atoms with E-state index in [0.29, 0.717) is 11.1 Å². The van der Waals surface area contributed by atoms with Gasteiger partial charge in [-0.05, 0) is 41.8 Å². The van der Waals surface area contributed by atoms with Crippen molar-refractivity contribution in [1.29, 1.82) is 0 Å². The number of primary sulfonamides is 1. The highest BCUT2D eigenvalue weighted by Gasteiger charge is 2.27. The predicted octanol–water partition coefficient (Wildman–Crippen LogP) is 1.68. The van der Waals surface area contributed by atoms with Crippen LogP contribution >= 0.6 is 0 Å². The van der Waals surface area contributed by atoms with Crippen molar-refractivity contribution in [3.63, 3.8) is 0 Å². The molecule has 3 aromatic carbocycles. The van der Waals surface area contributed by atoms with Crippen molar-refractivity contribution in [3.05, 3.63) is 95.8 Å². The number of benzene rings is 3. The molecule has 0 radical (unpaired) electrons. The third-order valence-corrected chi connectivity index (χ3v) is 7.18. The second kappa shape index (κ2) is 10.2. The topological polar surface area (TPSA) is 135 Å². The minimum Gasteiger partial charge on any atom is -0.351 e. The van der Waals surface area contributed by atoms with Gasteiger partial charge in [-0.2, -0.15) is 4.72 Å². The summed E-state index contributed by atoms with van der Waals surface area (Å²) in [5, 5.41) is 7.70. The second-order valence-electron chi connectivity index (χ2n) is 7.20. The van der Waals surface area contributed by atoms with Gasteiger partial charge in [0.25, 0.3) is 0 Å². The molecule has 1 atom stereocenters. The molecule has 4 N–H and O–H groups in total. The summed E-state index contributed by atoms with van der Waals surface area (Å²) in [5.41, 5.74) is 1.28. The number of carbonyl (C=O) groups excluding carboxylic acids is 1. The summed E-state index contributed by atoms with van der Waals surface area (Å²) in [6.45, 7) is 0.0104. The van der Waals surface area contributed by atoms with Crippen molar-refractivity contribution in [3.8, 4) is 0 Å². The summed E-state index contributed by atoms with van der Waals surface area (Å²) in [6, 6.07) is 18.0. The molecule has 3 rings (SSSR count). The van der Waals surface area contributed by atoms with Crippen LogP contribution in [0.3, 0.4) is 0 Å². The lowest BCUT2D eigenvalue weighted by Gasteiger charge is -2.19. The number of rotatable bonds is 9. The molecular formula is C22H22FN3O5S2. The monoisotopic (exact) mass is 491 g/mol. The van der Waals surface area contributed by atoms with E-state index in [1.54, 1.807) is 30.3 Å². The van der Waals surface area contributed by atoms with Gasteiger partial charge in [0.05, 0.1) is 4.90 Å². The zero-order chi connectivity index (χ0) is 24.1. The number of sulfonamides is 2. The number of hydrogen-bond donors (Lipinski definition) is 3. The fourth-order valence-electron chi connectivity index (χ4n) is 3.06. The molecule has 8 nitrogen and oxygen atoms in total. The summed E-state index contributed by atoms with van der Waals surface area (Å²) in [4.78, 5) is 12.3. The first-order valence-corrected chi connectivity index (χ1v) is 12.8. The van der Waals surface area contributed by atoms with Gasteiger partial charge in [0.1, 0.15) is 16.8 Å². The Morgan fingerprint density at radius 1 is 0.848 bits per heavy atom. The Hall–Kier alpha value is -3.12. The molecule has 33 heavy (non-hydrogen) atoms. The molecule has 1 amide bonds. The Labute approximate surface area is 191 Å². The molecule has 11 heteroatoms. The van der Waals surface area contributed by atoms with Gasteiger partial charge >= 0.3 is 0 Å². The minimum atomic E-state index is -4.33. The Balaban J connectivity index is 1.78. The van der Waals surface area contributed by atoms with E-state index in [2.05, 4.69) is 10.0 Å². The molecule has 0 spiro atoms. The maximum atomic E-state index is 14.1. The van der Waals surface area contributed by atoms with E-state index in [1.165, 1.54) is 36.4 Å². The highest BCUT2D eigenvalue weighted by Crippen LogP contribution is 2.15. The average molecular weight is 492 g/mol. The van der Waals surface area contributed by atoms with Gasteiger partial charge in [-0.1, -0.05) is 54.6 Å². The van der Waals surface area contributed by atoms with Crippen molar-refractivity contribution >= 4 is 26.0 Å². The SMILES string of the molecule is NS(=O)(=O)c1ccc(CNC(=O)[C@@H](Cc2ccccc2)NS(=O)(=O)c2ccccc2F)cc1. The van der Waals surface area contributed by atoms with Crippen LogP contribution in [0.2, 0.25) is 0 Å². The highest BCUT2D eigenvalue weighted by atomic mass is 32.2. The summed E-state index contributed by atoms with van der Waals surface area (Å²) in [5.74, 6) is -1.56. The maximum Gasteiger partial charge on any atom is 0.244 e. The quantitative estimate of drug-likeness (QED) is 0.419. The lowest BCUT2D eigenvalue weighted by molar-refractivity contribution is -0.122.